The lowest BCUT2D eigenvalue weighted by Crippen LogP contribution is -2.16. The van der Waals surface area contributed by atoms with E-state index < -0.39 is 0 Å². The van der Waals surface area contributed by atoms with Crippen LogP contribution in [0, 0.1) is 0 Å². The molecule has 0 aliphatic carbocycles. The Labute approximate surface area is 94.3 Å². The van der Waals surface area contributed by atoms with Crippen LogP contribution in [0.4, 0.5) is 0 Å². The molecular formula is C11H16N4O. The van der Waals surface area contributed by atoms with Gasteiger partial charge in [0.2, 0.25) is 0 Å². The predicted octanol–water partition coefficient (Wildman–Crippen LogP) is 1.21. The fraction of sp³-hybridized carbons (Fsp3) is 0.455. The van der Waals surface area contributed by atoms with Crippen molar-refractivity contribution < 1.29 is 4.42 Å². The quantitative estimate of drug-likeness (QED) is 0.840. The summed E-state index contributed by atoms with van der Waals surface area (Å²) in [6.07, 6.45) is 4.75. The number of furan rings is 1. The van der Waals surface area contributed by atoms with Crippen molar-refractivity contribution in [3.05, 3.63) is 35.8 Å². The van der Waals surface area contributed by atoms with Gasteiger partial charge in [-0.2, -0.15) is 5.10 Å². The van der Waals surface area contributed by atoms with E-state index in [1.165, 1.54) is 6.33 Å². The Morgan fingerprint density at radius 2 is 2.38 bits per heavy atom. The van der Waals surface area contributed by atoms with Gasteiger partial charge in [-0.1, -0.05) is 6.92 Å². The average molecular weight is 220 g/mol. The Kier molecular flexibility index (Phi) is 3.05. The molecule has 2 N–H and O–H groups in total. The van der Waals surface area contributed by atoms with Gasteiger partial charge in [0.15, 0.2) is 0 Å². The summed E-state index contributed by atoms with van der Waals surface area (Å²) in [6, 6.07) is 1.84. The van der Waals surface area contributed by atoms with Gasteiger partial charge < -0.3 is 10.2 Å². The molecule has 0 saturated carbocycles. The molecule has 5 nitrogen and oxygen atoms in total. The molecule has 2 aromatic rings. The number of aryl methyl sites for hydroxylation is 2. The molecule has 0 aliphatic heterocycles. The number of aromatic nitrogens is 3. The molecule has 0 radical (unpaired) electrons. The summed E-state index contributed by atoms with van der Waals surface area (Å²) in [5, 5.41) is 4.02. The minimum absolute atomic E-state index is 0.0865. The van der Waals surface area contributed by atoms with Gasteiger partial charge in [-0.3, -0.25) is 4.68 Å². The van der Waals surface area contributed by atoms with Crippen LogP contribution < -0.4 is 5.73 Å². The molecule has 16 heavy (non-hydrogen) atoms. The van der Waals surface area contributed by atoms with Crippen molar-refractivity contribution in [1.82, 2.24) is 14.8 Å². The SMILES string of the molecule is CCc1occc1C(N)Cc1ncnn1C. The summed E-state index contributed by atoms with van der Waals surface area (Å²) >= 11 is 0. The molecule has 2 aromatic heterocycles. The van der Waals surface area contributed by atoms with E-state index in [0.29, 0.717) is 6.42 Å². The number of hydrogen-bond donors (Lipinski definition) is 1. The Morgan fingerprint density at radius 1 is 1.56 bits per heavy atom. The van der Waals surface area contributed by atoms with Crippen LogP contribution in [0.25, 0.3) is 0 Å². The van der Waals surface area contributed by atoms with Gasteiger partial charge in [-0.05, 0) is 6.07 Å². The minimum atomic E-state index is -0.0865. The molecule has 0 saturated heterocycles. The van der Waals surface area contributed by atoms with Gasteiger partial charge >= 0.3 is 0 Å². The first-order valence-electron chi connectivity index (χ1n) is 5.37. The number of rotatable bonds is 4. The first-order chi connectivity index (χ1) is 7.72. The number of hydrogen-bond acceptors (Lipinski definition) is 4. The first-order valence-corrected chi connectivity index (χ1v) is 5.37. The fourth-order valence-corrected chi connectivity index (χ4v) is 1.78. The summed E-state index contributed by atoms with van der Waals surface area (Å²) in [5.41, 5.74) is 7.20. The van der Waals surface area contributed by atoms with Crippen molar-refractivity contribution in [1.29, 1.82) is 0 Å². The zero-order valence-electron chi connectivity index (χ0n) is 9.55. The van der Waals surface area contributed by atoms with E-state index in [2.05, 4.69) is 17.0 Å². The van der Waals surface area contributed by atoms with E-state index in [-0.39, 0.29) is 6.04 Å². The van der Waals surface area contributed by atoms with Gasteiger partial charge in [0.1, 0.15) is 17.9 Å². The van der Waals surface area contributed by atoms with Crippen LogP contribution in [-0.2, 0) is 19.9 Å². The first kappa shape index (κ1) is 10.9. The van der Waals surface area contributed by atoms with E-state index in [9.17, 15) is 0 Å². The van der Waals surface area contributed by atoms with Crippen LogP contribution in [0.1, 0.15) is 30.1 Å². The zero-order chi connectivity index (χ0) is 11.5. The monoisotopic (exact) mass is 220 g/mol. The second-order valence-electron chi connectivity index (χ2n) is 3.76. The maximum absolute atomic E-state index is 6.13. The molecule has 0 spiro atoms. The summed E-state index contributed by atoms with van der Waals surface area (Å²) < 4.78 is 7.10. The van der Waals surface area contributed by atoms with Crippen LogP contribution in [0.2, 0.25) is 0 Å². The average Bonchev–Trinajstić information content (AvgIpc) is 2.87. The van der Waals surface area contributed by atoms with Gasteiger partial charge in [-0.25, -0.2) is 4.98 Å². The summed E-state index contributed by atoms with van der Waals surface area (Å²) in [6.45, 7) is 2.05. The molecule has 0 fully saturated rings. The van der Waals surface area contributed by atoms with Crippen LogP contribution >= 0.6 is 0 Å². The smallest absolute Gasteiger partial charge is 0.138 e. The summed E-state index contributed by atoms with van der Waals surface area (Å²) in [7, 11) is 1.87. The van der Waals surface area contributed by atoms with Crippen molar-refractivity contribution in [3.63, 3.8) is 0 Å². The highest BCUT2D eigenvalue weighted by Gasteiger charge is 2.15. The van der Waals surface area contributed by atoms with E-state index in [4.69, 9.17) is 10.2 Å². The molecule has 0 aromatic carbocycles. The normalized spacial score (nSPS) is 12.9. The third kappa shape index (κ3) is 1.99. The standard InChI is InChI=1S/C11H16N4O/c1-3-10-8(4-5-16-10)9(12)6-11-13-7-14-15(11)2/h4-5,7,9H,3,6,12H2,1-2H3. The predicted molar refractivity (Wildman–Crippen MR) is 59.7 cm³/mol. The minimum Gasteiger partial charge on any atom is -0.469 e. The summed E-state index contributed by atoms with van der Waals surface area (Å²) in [4.78, 5) is 4.16. The maximum atomic E-state index is 6.13. The lowest BCUT2D eigenvalue weighted by Gasteiger charge is -2.10. The third-order valence-corrected chi connectivity index (χ3v) is 2.71. The molecular weight excluding hydrogens is 204 g/mol. The Hall–Kier alpha value is -1.62. The van der Waals surface area contributed by atoms with Crippen molar-refractivity contribution in [2.24, 2.45) is 12.8 Å². The molecule has 2 heterocycles. The molecule has 0 aliphatic rings. The van der Waals surface area contributed by atoms with Crippen LogP contribution in [0.15, 0.2) is 23.1 Å². The van der Waals surface area contributed by atoms with Crippen molar-refractivity contribution in [2.75, 3.05) is 0 Å². The van der Waals surface area contributed by atoms with Gasteiger partial charge in [-0.15, -0.1) is 0 Å². The second-order valence-corrected chi connectivity index (χ2v) is 3.76. The van der Waals surface area contributed by atoms with Crippen LogP contribution in [0.3, 0.4) is 0 Å². The highest BCUT2D eigenvalue weighted by molar-refractivity contribution is 5.22. The molecule has 86 valence electrons. The van der Waals surface area contributed by atoms with Gasteiger partial charge in [0, 0.05) is 31.5 Å². The van der Waals surface area contributed by atoms with E-state index >= 15 is 0 Å². The van der Waals surface area contributed by atoms with E-state index in [0.717, 1.165) is 23.6 Å². The van der Waals surface area contributed by atoms with Crippen molar-refractivity contribution in [2.45, 2.75) is 25.8 Å². The molecule has 1 atom stereocenters. The maximum Gasteiger partial charge on any atom is 0.138 e. The molecule has 2 rings (SSSR count). The topological polar surface area (TPSA) is 69.9 Å². The highest BCUT2D eigenvalue weighted by Crippen LogP contribution is 2.20. The lowest BCUT2D eigenvalue weighted by atomic mass is 10.0. The van der Waals surface area contributed by atoms with E-state index in [1.54, 1.807) is 10.9 Å². The molecule has 1 unspecified atom stereocenters. The van der Waals surface area contributed by atoms with E-state index in [1.807, 2.05) is 13.1 Å². The van der Waals surface area contributed by atoms with Gasteiger partial charge in [0.25, 0.3) is 0 Å². The number of nitrogens with two attached hydrogens (primary N) is 1. The summed E-state index contributed by atoms with van der Waals surface area (Å²) in [5.74, 6) is 1.84. The highest BCUT2D eigenvalue weighted by atomic mass is 16.3. The lowest BCUT2D eigenvalue weighted by molar-refractivity contribution is 0.503. The van der Waals surface area contributed by atoms with Crippen LogP contribution in [0.5, 0.6) is 0 Å². The fourth-order valence-electron chi connectivity index (χ4n) is 1.78. The Morgan fingerprint density at radius 3 is 3.00 bits per heavy atom. The van der Waals surface area contributed by atoms with Crippen molar-refractivity contribution in [3.8, 4) is 0 Å². The van der Waals surface area contributed by atoms with Gasteiger partial charge in [0.05, 0.1) is 6.26 Å². The molecule has 0 amide bonds. The number of nitrogens with zero attached hydrogens (tertiary/aromatic N) is 3. The van der Waals surface area contributed by atoms with Crippen molar-refractivity contribution >= 4 is 0 Å². The Bertz CT molecular complexity index is 460. The Balaban J connectivity index is 2.14. The second kappa shape index (κ2) is 4.49. The largest absolute Gasteiger partial charge is 0.469 e. The van der Waals surface area contributed by atoms with Crippen LogP contribution in [-0.4, -0.2) is 14.8 Å². The molecule has 0 bridgehead atoms. The zero-order valence-corrected chi connectivity index (χ0v) is 9.55. The third-order valence-electron chi connectivity index (χ3n) is 2.71. The molecule has 5 heteroatoms.